The van der Waals surface area contributed by atoms with Gasteiger partial charge in [-0.15, -0.1) is 0 Å². The smallest absolute Gasteiger partial charge is 0.256 e. The maximum atomic E-state index is 12.7. The van der Waals surface area contributed by atoms with Gasteiger partial charge in [0.15, 0.2) is 0 Å². The zero-order valence-electron chi connectivity index (χ0n) is 13.8. The predicted octanol–water partition coefficient (Wildman–Crippen LogP) is 1.82. The molecule has 1 saturated carbocycles. The topological polar surface area (TPSA) is 73.1 Å². The van der Waals surface area contributed by atoms with Gasteiger partial charge in [-0.25, -0.2) is 4.98 Å². The van der Waals surface area contributed by atoms with Gasteiger partial charge in [-0.3, -0.25) is 4.79 Å². The van der Waals surface area contributed by atoms with E-state index in [0.717, 1.165) is 30.6 Å². The summed E-state index contributed by atoms with van der Waals surface area (Å²) in [5.41, 5.74) is 1.65. The molecule has 126 valence electrons. The molecule has 1 atom stereocenters. The van der Waals surface area contributed by atoms with Crippen molar-refractivity contribution in [1.29, 1.82) is 0 Å². The van der Waals surface area contributed by atoms with Crippen molar-refractivity contribution in [3.63, 3.8) is 0 Å². The number of amides is 1. The Bertz CT molecular complexity index is 726. The van der Waals surface area contributed by atoms with Crippen LogP contribution in [0.2, 0.25) is 0 Å². The largest absolute Gasteiger partial charge is 0.375 e. The second-order valence-electron chi connectivity index (χ2n) is 6.52. The van der Waals surface area contributed by atoms with Crippen LogP contribution in [0.1, 0.15) is 47.7 Å². The normalized spacial score (nSPS) is 20.0. The summed E-state index contributed by atoms with van der Waals surface area (Å²) < 4.78 is 7.98. The Morgan fingerprint density at radius 3 is 2.92 bits per heavy atom. The molecule has 7 nitrogen and oxygen atoms in total. The highest BCUT2D eigenvalue weighted by Gasteiger charge is 2.31. The molecule has 2 aromatic rings. The summed E-state index contributed by atoms with van der Waals surface area (Å²) >= 11 is 0. The molecule has 1 aliphatic heterocycles. The highest BCUT2D eigenvalue weighted by atomic mass is 16.5. The minimum Gasteiger partial charge on any atom is -0.375 e. The van der Waals surface area contributed by atoms with Crippen LogP contribution in [0.25, 0.3) is 0 Å². The van der Waals surface area contributed by atoms with Crippen LogP contribution in [0.15, 0.2) is 24.7 Å². The van der Waals surface area contributed by atoms with Gasteiger partial charge >= 0.3 is 0 Å². The van der Waals surface area contributed by atoms with Gasteiger partial charge in [0.2, 0.25) is 0 Å². The van der Waals surface area contributed by atoms with Crippen molar-refractivity contribution in [2.75, 3.05) is 13.2 Å². The molecule has 1 aliphatic carbocycles. The minimum atomic E-state index is -0.0726. The first-order valence-electron chi connectivity index (χ1n) is 8.43. The van der Waals surface area contributed by atoms with E-state index in [-0.39, 0.29) is 11.9 Å². The molecule has 7 heteroatoms. The minimum absolute atomic E-state index is 0.0295. The Morgan fingerprint density at radius 1 is 1.29 bits per heavy atom. The Kier molecular flexibility index (Phi) is 4.02. The first-order valence-corrected chi connectivity index (χ1v) is 8.43. The van der Waals surface area contributed by atoms with Crippen molar-refractivity contribution in [2.24, 2.45) is 5.92 Å². The Labute approximate surface area is 140 Å². The van der Waals surface area contributed by atoms with Crippen LogP contribution in [-0.4, -0.2) is 43.7 Å². The number of carbonyl (C=O) groups is 1. The van der Waals surface area contributed by atoms with Crippen molar-refractivity contribution >= 4 is 5.91 Å². The third-order valence-corrected chi connectivity index (χ3v) is 4.77. The fraction of sp³-hybridized carbons (Fsp3) is 0.529. The van der Waals surface area contributed by atoms with Crippen LogP contribution < -0.4 is 0 Å². The van der Waals surface area contributed by atoms with Crippen molar-refractivity contribution < 1.29 is 9.53 Å². The molecule has 0 spiro atoms. The summed E-state index contributed by atoms with van der Waals surface area (Å²) in [5, 5.41) is 7.52. The van der Waals surface area contributed by atoms with Gasteiger partial charge < -0.3 is 14.2 Å². The SMILES string of the molecule is C[C@H]1c2ncc(COCC3CC3)n2CCN1C(=O)c1ccnnc1. The van der Waals surface area contributed by atoms with Gasteiger partial charge in [0.05, 0.1) is 42.5 Å². The zero-order chi connectivity index (χ0) is 16.5. The molecule has 2 aromatic heterocycles. The lowest BCUT2D eigenvalue weighted by Gasteiger charge is -2.34. The van der Waals surface area contributed by atoms with Gasteiger partial charge in [-0.1, -0.05) is 0 Å². The molecule has 2 aliphatic rings. The third-order valence-electron chi connectivity index (χ3n) is 4.77. The number of aromatic nitrogens is 4. The van der Waals surface area contributed by atoms with E-state index < -0.39 is 0 Å². The highest BCUT2D eigenvalue weighted by Crippen LogP contribution is 2.30. The van der Waals surface area contributed by atoms with Crippen LogP contribution in [0, 0.1) is 5.92 Å². The summed E-state index contributed by atoms with van der Waals surface area (Å²) in [5.74, 6) is 1.65. The fourth-order valence-electron chi connectivity index (χ4n) is 3.15. The van der Waals surface area contributed by atoms with Gasteiger partial charge in [0.25, 0.3) is 5.91 Å². The van der Waals surface area contributed by atoms with E-state index in [9.17, 15) is 4.79 Å². The maximum Gasteiger partial charge on any atom is 0.256 e. The zero-order valence-corrected chi connectivity index (χ0v) is 13.8. The summed E-state index contributed by atoms with van der Waals surface area (Å²) in [6, 6.07) is 1.62. The molecule has 0 bridgehead atoms. The van der Waals surface area contributed by atoms with Crippen molar-refractivity contribution in [1.82, 2.24) is 24.6 Å². The number of carbonyl (C=O) groups excluding carboxylic acids is 1. The summed E-state index contributed by atoms with van der Waals surface area (Å²) in [7, 11) is 0. The monoisotopic (exact) mass is 327 g/mol. The van der Waals surface area contributed by atoms with Crippen molar-refractivity contribution in [3.8, 4) is 0 Å². The number of fused-ring (bicyclic) bond motifs is 1. The Balaban J connectivity index is 1.47. The lowest BCUT2D eigenvalue weighted by Crippen LogP contribution is -2.41. The first-order chi connectivity index (χ1) is 11.7. The third kappa shape index (κ3) is 2.91. The second-order valence-corrected chi connectivity index (χ2v) is 6.52. The van der Waals surface area contributed by atoms with E-state index in [1.54, 1.807) is 6.07 Å². The van der Waals surface area contributed by atoms with Gasteiger partial charge in [-0.05, 0) is 31.7 Å². The molecule has 24 heavy (non-hydrogen) atoms. The fourth-order valence-corrected chi connectivity index (χ4v) is 3.15. The first kappa shape index (κ1) is 15.3. The van der Waals surface area contributed by atoms with Crippen molar-refractivity contribution in [2.45, 2.75) is 39.0 Å². The van der Waals surface area contributed by atoms with E-state index in [1.165, 1.54) is 25.2 Å². The standard InChI is InChI=1S/C17H21N5O2/c1-12-16-18-9-15(11-24-10-13-2-3-13)22(16)7-6-21(12)17(23)14-4-5-19-20-8-14/h4-5,8-9,12-13H,2-3,6-7,10-11H2,1H3/t12-/m0/s1. The summed E-state index contributed by atoms with van der Waals surface area (Å²) in [4.78, 5) is 19.1. The molecule has 0 saturated heterocycles. The average molecular weight is 327 g/mol. The molecule has 0 radical (unpaired) electrons. The lowest BCUT2D eigenvalue weighted by molar-refractivity contribution is 0.0626. The number of rotatable bonds is 5. The number of hydrogen-bond acceptors (Lipinski definition) is 5. The molecule has 0 N–H and O–H groups in total. The van der Waals surface area contributed by atoms with Crippen LogP contribution >= 0.6 is 0 Å². The van der Waals surface area contributed by atoms with E-state index in [4.69, 9.17) is 4.74 Å². The predicted molar refractivity (Wildman–Crippen MR) is 86.1 cm³/mol. The summed E-state index contributed by atoms with van der Waals surface area (Å²) in [6.07, 6.45) is 7.51. The van der Waals surface area contributed by atoms with E-state index in [0.29, 0.717) is 18.7 Å². The number of nitrogens with zero attached hydrogens (tertiary/aromatic N) is 5. The maximum absolute atomic E-state index is 12.7. The van der Waals surface area contributed by atoms with Crippen LogP contribution in [-0.2, 0) is 17.9 Å². The average Bonchev–Trinajstić information content (AvgIpc) is 3.34. The molecular formula is C17H21N5O2. The number of hydrogen-bond donors (Lipinski definition) is 0. The van der Waals surface area contributed by atoms with Gasteiger partial charge in [0, 0.05) is 19.7 Å². The molecule has 0 unspecified atom stereocenters. The number of imidazole rings is 1. The molecule has 4 rings (SSSR count). The summed E-state index contributed by atoms with van der Waals surface area (Å²) in [6.45, 7) is 4.85. The number of ether oxygens (including phenoxy) is 1. The van der Waals surface area contributed by atoms with Crippen molar-refractivity contribution in [3.05, 3.63) is 41.7 Å². The lowest BCUT2D eigenvalue weighted by atomic mass is 10.1. The Hall–Kier alpha value is -2.28. The Morgan fingerprint density at radius 2 is 2.17 bits per heavy atom. The molecule has 1 amide bonds. The van der Waals surface area contributed by atoms with E-state index >= 15 is 0 Å². The highest BCUT2D eigenvalue weighted by molar-refractivity contribution is 5.94. The van der Waals surface area contributed by atoms with Crippen LogP contribution in [0.5, 0.6) is 0 Å². The van der Waals surface area contributed by atoms with Gasteiger partial charge in [-0.2, -0.15) is 10.2 Å². The molecule has 1 fully saturated rings. The van der Waals surface area contributed by atoms with E-state index in [2.05, 4.69) is 19.7 Å². The van der Waals surface area contributed by atoms with E-state index in [1.807, 2.05) is 18.0 Å². The van der Waals surface area contributed by atoms with Crippen LogP contribution in [0.4, 0.5) is 0 Å². The second kappa shape index (κ2) is 6.32. The molecular weight excluding hydrogens is 306 g/mol. The van der Waals surface area contributed by atoms with Crippen LogP contribution in [0.3, 0.4) is 0 Å². The quantitative estimate of drug-likeness (QED) is 0.837. The van der Waals surface area contributed by atoms with Gasteiger partial charge in [0.1, 0.15) is 5.82 Å². The molecule has 3 heterocycles. The molecule has 0 aromatic carbocycles.